The fourth-order valence-corrected chi connectivity index (χ4v) is 4.95. The second-order valence-corrected chi connectivity index (χ2v) is 8.58. The number of aromatic amines is 1. The fourth-order valence-electron chi connectivity index (χ4n) is 4.22. The molecule has 1 saturated heterocycles. The lowest BCUT2D eigenvalue weighted by atomic mass is 9.88. The van der Waals surface area contributed by atoms with E-state index >= 15 is 0 Å². The Morgan fingerprint density at radius 3 is 2.69 bits per heavy atom. The van der Waals surface area contributed by atoms with Crippen molar-refractivity contribution in [1.82, 2.24) is 14.9 Å². The Morgan fingerprint density at radius 1 is 1.17 bits per heavy atom. The molecular weight excluding hydrogens is 390 g/mol. The molecule has 4 rings (SSSR count). The summed E-state index contributed by atoms with van der Waals surface area (Å²) in [5, 5.41) is 5.15. The molecule has 8 nitrogen and oxygen atoms in total. The van der Waals surface area contributed by atoms with Gasteiger partial charge in [0, 0.05) is 29.6 Å². The second-order valence-electron chi connectivity index (χ2n) is 7.72. The maximum Gasteiger partial charge on any atom is 0.265 e. The summed E-state index contributed by atoms with van der Waals surface area (Å²) in [4.78, 5) is 46.0. The van der Waals surface area contributed by atoms with Crippen LogP contribution in [0.15, 0.2) is 17.6 Å². The molecule has 0 aromatic carbocycles. The third-order valence-electron chi connectivity index (χ3n) is 5.77. The number of primary amides is 1. The van der Waals surface area contributed by atoms with Gasteiger partial charge in [0.25, 0.3) is 5.91 Å². The minimum atomic E-state index is -0.538. The SMILES string of the molecule is NC(=O)c1cc(-c2csc(NC(=O)C3CCCN3C(=O)C3CCCCC3)n2)c[nH]1. The summed E-state index contributed by atoms with van der Waals surface area (Å²) in [6.07, 6.45) is 8.44. The maximum atomic E-state index is 12.9. The molecule has 2 aromatic heterocycles. The molecule has 1 atom stereocenters. The zero-order valence-electron chi connectivity index (χ0n) is 16.1. The van der Waals surface area contributed by atoms with Crippen LogP contribution in [0.5, 0.6) is 0 Å². The molecular formula is C20H25N5O3S. The van der Waals surface area contributed by atoms with Gasteiger partial charge in [-0.15, -0.1) is 11.3 Å². The summed E-state index contributed by atoms with van der Waals surface area (Å²) in [5.41, 5.74) is 6.94. The Morgan fingerprint density at radius 2 is 1.97 bits per heavy atom. The number of carbonyl (C=O) groups excluding carboxylic acids is 3. The number of hydrogen-bond donors (Lipinski definition) is 3. The zero-order chi connectivity index (χ0) is 20.4. The van der Waals surface area contributed by atoms with Gasteiger partial charge in [-0.1, -0.05) is 19.3 Å². The number of nitrogens with zero attached hydrogens (tertiary/aromatic N) is 2. The number of thiazole rings is 1. The Labute approximate surface area is 172 Å². The highest BCUT2D eigenvalue weighted by Gasteiger charge is 2.37. The van der Waals surface area contributed by atoms with E-state index in [0.717, 1.165) is 37.7 Å². The quantitative estimate of drug-likeness (QED) is 0.695. The highest BCUT2D eigenvalue weighted by atomic mass is 32.1. The van der Waals surface area contributed by atoms with E-state index < -0.39 is 11.9 Å². The van der Waals surface area contributed by atoms with Gasteiger partial charge in [0.05, 0.1) is 5.69 Å². The van der Waals surface area contributed by atoms with Crippen molar-refractivity contribution in [2.24, 2.45) is 11.7 Å². The summed E-state index contributed by atoms with van der Waals surface area (Å²) in [7, 11) is 0. The molecule has 1 aliphatic carbocycles. The van der Waals surface area contributed by atoms with Crippen molar-refractivity contribution in [3.8, 4) is 11.3 Å². The molecule has 4 N–H and O–H groups in total. The van der Waals surface area contributed by atoms with Crippen LogP contribution >= 0.6 is 11.3 Å². The highest BCUT2D eigenvalue weighted by molar-refractivity contribution is 7.14. The standard InChI is InChI=1S/C20H25N5O3S/c21-17(26)14-9-13(10-22-14)15-11-29-20(23-15)24-18(27)16-7-4-8-25(16)19(28)12-5-2-1-3-6-12/h9-12,16,22H,1-8H2,(H2,21,26)(H,23,24,27). The Balaban J connectivity index is 1.41. The van der Waals surface area contributed by atoms with Crippen LogP contribution < -0.4 is 11.1 Å². The zero-order valence-corrected chi connectivity index (χ0v) is 17.0. The Hall–Kier alpha value is -2.68. The first kappa shape index (κ1) is 19.6. The predicted molar refractivity (Wildman–Crippen MR) is 110 cm³/mol. The van der Waals surface area contributed by atoms with Crippen molar-refractivity contribution in [3.05, 3.63) is 23.3 Å². The van der Waals surface area contributed by atoms with E-state index in [-0.39, 0.29) is 17.7 Å². The number of likely N-dealkylation sites (tertiary alicyclic amines) is 1. The number of anilines is 1. The maximum absolute atomic E-state index is 12.9. The van der Waals surface area contributed by atoms with Crippen molar-refractivity contribution in [2.75, 3.05) is 11.9 Å². The molecule has 9 heteroatoms. The topological polar surface area (TPSA) is 121 Å². The van der Waals surface area contributed by atoms with Gasteiger partial charge in [0.2, 0.25) is 11.8 Å². The number of amides is 3. The van der Waals surface area contributed by atoms with Gasteiger partial charge in [-0.05, 0) is 31.7 Å². The molecule has 154 valence electrons. The normalized spacial score (nSPS) is 20.0. The van der Waals surface area contributed by atoms with E-state index in [1.807, 2.05) is 5.38 Å². The van der Waals surface area contributed by atoms with Crippen LogP contribution in [-0.2, 0) is 9.59 Å². The highest BCUT2D eigenvalue weighted by Crippen LogP contribution is 2.30. The molecule has 3 heterocycles. The minimum absolute atomic E-state index is 0.0663. The van der Waals surface area contributed by atoms with E-state index in [0.29, 0.717) is 29.5 Å². The number of hydrogen-bond acceptors (Lipinski definition) is 5. The van der Waals surface area contributed by atoms with Gasteiger partial charge in [-0.3, -0.25) is 14.4 Å². The second kappa shape index (κ2) is 8.36. The lowest BCUT2D eigenvalue weighted by molar-refractivity contribution is -0.141. The van der Waals surface area contributed by atoms with Crippen molar-refractivity contribution < 1.29 is 14.4 Å². The first-order valence-electron chi connectivity index (χ1n) is 10.1. The van der Waals surface area contributed by atoms with Crippen LogP contribution in [0.4, 0.5) is 5.13 Å². The van der Waals surface area contributed by atoms with Crippen molar-refractivity contribution in [3.63, 3.8) is 0 Å². The molecule has 1 saturated carbocycles. The number of rotatable bonds is 5. The predicted octanol–water partition coefficient (Wildman–Crippen LogP) is 2.75. The number of nitrogens with two attached hydrogens (primary N) is 1. The number of H-pyrrole nitrogens is 1. The van der Waals surface area contributed by atoms with Crippen molar-refractivity contribution in [1.29, 1.82) is 0 Å². The summed E-state index contributed by atoms with van der Waals surface area (Å²) >= 11 is 1.31. The lowest BCUT2D eigenvalue weighted by Crippen LogP contribution is -2.46. The summed E-state index contributed by atoms with van der Waals surface area (Å²) in [6.45, 7) is 0.649. The first-order valence-corrected chi connectivity index (χ1v) is 11.0. The van der Waals surface area contributed by atoms with Crippen LogP contribution in [0.3, 0.4) is 0 Å². The number of aromatic nitrogens is 2. The average Bonchev–Trinajstić information content (AvgIpc) is 3.47. The van der Waals surface area contributed by atoms with E-state index in [4.69, 9.17) is 5.73 Å². The van der Waals surface area contributed by atoms with Gasteiger partial charge in [-0.2, -0.15) is 0 Å². The van der Waals surface area contributed by atoms with Crippen molar-refractivity contribution >= 4 is 34.2 Å². The molecule has 1 unspecified atom stereocenters. The average molecular weight is 416 g/mol. The molecule has 0 radical (unpaired) electrons. The van der Waals surface area contributed by atoms with Crippen LogP contribution in [0.1, 0.15) is 55.4 Å². The van der Waals surface area contributed by atoms with Gasteiger partial charge in [0.1, 0.15) is 11.7 Å². The smallest absolute Gasteiger partial charge is 0.265 e. The fraction of sp³-hybridized carbons (Fsp3) is 0.500. The monoisotopic (exact) mass is 415 g/mol. The van der Waals surface area contributed by atoms with Crippen LogP contribution in [0, 0.1) is 5.92 Å². The molecule has 0 spiro atoms. The molecule has 29 heavy (non-hydrogen) atoms. The molecule has 2 aliphatic rings. The summed E-state index contributed by atoms with van der Waals surface area (Å²) in [5.74, 6) is -0.520. The largest absolute Gasteiger partial charge is 0.364 e. The lowest BCUT2D eigenvalue weighted by Gasteiger charge is -2.29. The van der Waals surface area contributed by atoms with Gasteiger partial charge in [0.15, 0.2) is 5.13 Å². The molecule has 3 amide bonds. The van der Waals surface area contributed by atoms with E-state index in [2.05, 4.69) is 15.3 Å². The van der Waals surface area contributed by atoms with Crippen LogP contribution in [-0.4, -0.2) is 45.2 Å². The molecule has 0 bridgehead atoms. The van der Waals surface area contributed by atoms with E-state index in [1.54, 1.807) is 17.2 Å². The number of carbonyl (C=O) groups is 3. The third-order valence-corrected chi connectivity index (χ3v) is 6.53. The van der Waals surface area contributed by atoms with Crippen LogP contribution in [0.25, 0.3) is 11.3 Å². The van der Waals surface area contributed by atoms with Gasteiger partial charge >= 0.3 is 0 Å². The van der Waals surface area contributed by atoms with Crippen LogP contribution in [0.2, 0.25) is 0 Å². The molecule has 2 fully saturated rings. The summed E-state index contributed by atoms with van der Waals surface area (Å²) < 4.78 is 0. The van der Waals surface area contributed by atoms with Gasteiger partial charge < -0.3 is 20.9 Å². The molecule has 2 aromatic rings. The summed E-state index contributed by atoms with van der Waals surface area (Å²) in [6, 6.07) is 1.20. The Kier molecular flexibility index (Phi) is 5.66. The third kappa shape index (κ3) is 4.19. The minimum Gasteiger partial charge on any atom is -0.364 e. The first-order chi connectivity index (χ1) is 14.0. The van der Waals surface area contributed by atoms with Gasteiger partial charge in [-0.25, -0.2) is 4.98 Å². The number of nitrogens with one attached hydrogen (secondary N) is 2. The van der Waals surface area contributed by atoms with E-state index in [9.17, 15) is 14.4 Å². The molecule has 1 aliphatic heterocycles. The van der Waals surface area contributed by atoms with Crippen molar-refractivity contribution in [2.45, 2.75) is 51.0 Å². The Bertz CT molecular complexity index is 915. The van der Waals surface area contributed by atoms with E-state index in [1.165, 1.54) is 17.8 Å².